The molecule has 0 atom stereocenters. The highest BCUT2D eigenvalue weighted by Crippen LogP contribution is 2.48. The van der Waals surface area contributed by atoms with Crippen molar-refractivity contribution in [3.8, 4) is 6.07 Å². The van der Waals surface area contributed by atoms with Gasteiger partial charge >= 0.3 is 0 Å². The second-order valence-electron chi connectivity index (χ2n) is 5.79. The fraction of sp³-hybridized carbons (Fsp3) is 0.278. The molecule has 5 nitrogen and oxygen atoms in total. The van der Waals surface area contributed by atoms with Crippen LogP contribution in [0.1, 0.15) is 24.0 Å². The number of aromatic nitrogens is 1. The highest BCUT2D eigenvalue weighted by atomic mass is 79.9. The lowest BCUT2D eigenvalue weighted by Crippen LogP contribution is -2.37. The molecule has 2 aromatic rings. The third-order valence-electron chi connectivity index (χ3n) is 4.19. The molecule has 1 aromatic heterocycles. The molecule has 0 bridgehead atoms. The Morgan fingerprint density at radius 3 is 2.83 bits per heavy atom. The SMILES string of the molecule is N#Cc1cccnc1NCCNC(=O)C1(c2cccc(Br)c2)CC1. The summed E-state index contributed by atoms with van der Waals surface area (Å²) >= 11 is 3.46. The smallest absolute Gasteiger partial charge is 0.230 e. The summed E-state index contributed by atoms with van der Waals surface area (Å²) in [6, 6.07) is 13.5. The van der Waals surface area contributed by atoms with Gasteiger partial charge in [0.2, 0.25) is 5.91 Å². The van der Waals surface area contributed by atoms with Gasteiger partial charge in [0.25, 0.3) is 0 Å². The highest BCUT2D eigenvalue weighted by Gasteiger charge is 2.51. The number of rotatable bonds is 6. The van der Waals surface area contributed by atoms with E-state index in [-0.39, 0.29) is 11.3 Å². The molecule has 1 heterocycles. The minimum Gasteiger partial charge on any atom is -0.367 e. The maximum Gasteiger partial charge on any atom is 0.230 e. The van der Waals surface area contributed by atoms with Crippen molar-refractivity contribution in [3.05, 3.63) is 58.2 Å². The first-order valence-corrected chi connectivity index (χ1v) is 8.58. The molecule has 0 radical (unpaired) electrons. The zero-order chi connectivity index (χ0) is 17.0. The van der Waals surface area contributed by atoms with Crippen molar-refractivity contribution in [2.45, 2.75) is 18.3 Å². The Hall–Kier alpha value is -2.39. The van der Waals surface area contributed by atoms with Crippen molar-refractivity contribution in [2.75, 3.05) is 18.4 Å². The van der Waals surface area contributed by atoms with Crippen molar-refractivity contribution < 1.29 is 4.79 Å². The van der Waals surface area contributed by atoms with Crippen LogP contribution in [0.5, 0.6) is 0 Å². The summed E-state index contributed by atoms with van der Waals surface area (Å²) in [6.07, 6.45) is 3.39. The van der Waals surface area contributed by atoms with E-state index in [9.17, 15) is 4.79 Å². The first kappa shape index (κ1) is 16.5. The number of anilines is 1. The van der Waals surface area contributed by atoms with Crippen LogP contribution in [0.15, 0.2) is 47.1 Å². The molecular formula is C18H17BrN4O. The normalized spacial score (nSPS) is 14.5. The van der Waals surface area contributed by atoms with Crippen LogP contribution in [0.25, 0.3) is 0 Å². The van der Waals surface area contributed by atoms with Gasteiger partial charge in [-0.05, 0) is 42.7 Å². The Labute approximate surface area is 149 Å². The molecule has 1 aliphatic rings. The lowest BCUT2D eigenvalue weighted by molar-refractivity contribution is -0.123. The predicted molar refractivity (Wildman–Crippen MR) is 95.5 cm³/mol. The van der Waals surface area contributed by atoms with Gasteiger partial charge in [-0.1, -0.05) is 28.1 Å². The van der Waals surface area contributed by atoms with Gasteiger partial charge in [-0.15, -0.1) is 0 Å². The Balaban J connectivity index is 1.54. The van der Waals surface area contributed by atoms with E-state index in [2.05, 4.69) is 37.6 Å². The van der Waals surface area contributed by atoms with Gasteiger partial charge in [-0.3, -0.25) is 4.79 Å². The zero-order valence-electron chi connectivity index (χ0n) is 13.1. The molecule has 0 aliphatic heterocycles. The van der Waals surface area contributed by atoms with Crippen LogP contribution in [0.3, 0.4) is 0 Å². The van der Waals surface area contributed by atoms with Crippen molar-refractivity contribution in [3.63, 3.8) is 0 Å². The van der Waals surface area contributed by atoms with E-state index < -0.39 is 0 Å². The molecular weight excluding hydrogens is 368 g/mol. The molecule has 122 valence electrons. The molecule has 1 aromatic carbocycles. The van der Waals surface area contributed by atoms with Crippen LogP contribution in [0.2, 0.25) is 0 Å². The number of carbonyl (C=O) groups excluding carboxylic acids is 1. The van der Waals surface area contributed by atoms with E-state index >= 15 is 0 Å². The first-order valence-electron chi connectivity index (χ1n) is 7.79. The molecule has 1 fully saturated rings. The topological polar surface area (TPSA) is 77.8 Å². The first-order chi connectivity index (χ1) is 11.7. The van der Waals surface area contributed by atoms with Crippen LogP contribution >= 0.6 is 15.9 Å². The molecule has 0 saturated heterocycles. The zero-order valence-corrected chi connectivity index (χ0v) is 14.6. The fourth-order valence-corrected chi connectivity index (χ4v) is 3.12. The van der Waals surface area contributed by atoms with E-state index in [0.29, 0.717) is 24.5 Å². The number of amides is 1. The lowest BCUT2D eigenvalue weighted by Gasteiger charge is -2.16. The molecule has 0 spiro atoms. The Kier molecular flexibility index (Phi) is 4.81. The number of hydrogen-bond acceptors (Lipinski definition) is 4. The summed E-state index contributed by atoms with van der Waals surface area (Å²) < 4.78 is 0.986. The summed E-state index contributed by atoms with van der Waals surface area (Å²) in [6.45, 7) is 1.00. The van der Waals surface area contributed by atoms with Crippen LogP contribution in [0, 0.1) is 11.3 Å². The minimum atomic E-state index is -0.382. The van der Waals surface area contributed by atoms with Crippen molar-refractivity contribution in [2.24, 2.45) is 0 Å². The number of pyridine rings is 1. The lowest BCUT2D eigenvalue weighted by atomic mass is 9.95. The monoisotopic (exact) mass is 384 g/mol. The van der Waals surface area contributed by atoms with Gasteiger partial charge in [-0.2, -0.15) is 5.26 Å². The van der Waals surface area contributed by atoms with E-state index in [1.54, 1.807) is 18.3 Å². The van der Waals surface area contributed by atoms with Crippen LogP contribution in [0.4, 0.5) is 5.82 Å². The number of halogens is 1. The van der Waals surface area contributed by atoms with Gasteiger partial charge in [0.05, 0.1) is 11.0 Å². The number of nitrogens with zero attached hydrogens (tertiary/aromatic N) is 2. The van der Waals surface area contributed by atoms with E-state index in [1.807, 2.05) is 24.3 Å². The quantitative estimate of drug-likeness (QED) is 0.750. The summed E-state index contributed by atoms with van der Waals surface area (Å²) in [7, 11) is 0. The Morgan fingerprint density at radius 2 is 2.12 bits per heavy atom. The highest BCUT2D eigenvalue weighted by molar-refractivity contribution is 9.10. The molecule has 1 amide bonds. The third-order valence-corrected chi connectivity index (χ3v) is 4.69. The van der Waals surface area contributed by atoms with Crippen LogP contribution < -0.4 is 10.6 Å². The minimum absolute atomic E-state index is 0.0592. The van der Waals surface area contributed by atoms with Crippen molar-refractivity contribution >= 4 is 27.7 Å². The van der Waals surface area contributed by atoms with E-state index in [1.165, 1.54) is 0 Å². The number of benzene rings is 1. The average Bonchev–Trinajstić information content (AvgIpc) is 3.41. The maximum atomic E-state index is 12.6. The number of nitriles is 1. The standard InChI is InChI=1S/C18H17BrN4O/c19-15-5-1-4-14(11-15)18(6-7-18)17(24)23-10-9-22-16-13(12-20)3-2-8-21-16/h1-5,8,11H,6-7,9-10H2,(H,21,22)(H,23,24). The third kappa shape index (κ3) is 3.41. The summed E-state index contributed by atoms with van der Waals surface area (Å²) in [5.41, 5.74) is 1.17. The number of carbonyl (C=O) groups is 1. The van der Waals surface area contributed by atoms with Gasteiger partial charge in [0.1, 0.15) is 11.9 Å². The summed E-state index contributed by atoms with van der Waals surface area (Å²) in [5, 5.41) is 15.1. The Morgan fingerprint density at radius 1 is 1.29 bits per heavy atom. The molecule has 24 heavy (non-hydrogen) atoms. The van der Waals surface area contributed by atoms with E-state index in [0.717, 1.165) is 22.9 Å². The second-order valence-corrected chi connectivity index (χ2v) is 6.70. The van der Waals surface area contributed by atoms with E-state index in [4.69, 9.17) is 5.26 Å². The van der Waals surface area contributed by atoms with Crippen LogP contribution in [-0.2, 0) is 10.2 Å². The molecule has 1 aliphatic carbocycles. The van der Waals surface area contributed by atoms with Crippen LogP contribution in [-0.4, -0.2) is 24.0 Å². The van der Waals surface area contributed by atoms with Gasteiger partial charge < -0.3 is 10.6 Å². The summed E-state index contributed by atoms with van der Waals surface area (Å²) in [4.78, 5) is 16.7. The number of nitrogens with one attached hydrogen (secondary N) is 2. The van der Waals surface area contributed by atoms with Gasteiger partial charge in [-0.25, -0.2) is 4.98 Å². The largest absolute Gasteiger partial charge is 0.367 e. The summed E-state index contributed by atoms with van der Waals surface area (Å²) in [5.74, 6) is 0.603. The molecule has 0 unspecified atom stereocenters. The van der Waals surface area contributed by atoms with Crippen molar-refractivity contribution in [1.29, 1.82) is 5.26 Å². The average molecular weight is 385 g/mol. The second kappa shape index (κ2) is 7.02. The predicted octanol–water partition coefficient (Wildman–Crippen LogP) is 2.98. The molecule has 6 heteroatoms. The number of hydrogen-bond donors (Lipinski definition) is 2. The Bertz CT molecular complexity index is 796. The fourth-order valence-electron chi connectivity index (χ4n) is 2.72. The molecule has 1 saturated carbocycles. The molecule has 2 N–H and O–H groups in total. The van der Waals surface area contributed by atoms with Gasteiger partial charge in [0.15, 0.2) is 0 Å². The van der Waals surface area contributed by atoms with Crippen molar-refractivity contribution in [1.82, 2.24) is 10.3 Å². The molecule has 3 rings (SSSR count). The van der Waals surface area contributed by atoms with Gasteiger partial charge in [0, 0.05) is 23.8 Å². The maximum absolute atomic E-state index is 12.6.